The number of rotatable bonds is 4. The number of carbonyl (C=O) groups excluding carboxylic acids is 2. The Labute approximate surface area is 149 Å². The number of piperazine rings is 1. The van der Waals surface area contributed by atoms with Crippen molar-refractivity contribution >= 4 is 11.8 Å². The minimum absolute atomic E-state index is 0.0562. The van der Waals surface area contributed by atoms with E-state index >= 15 is 0 Å². The van der Waals surface area contributed by atoms with Gasteiger partial charge in [0.25, 0.3) is 0 Å². The zero-order chi connectivity index (χ0) is 17.6. The summed E-state index contributed by atoms with van der Waals surface area (Å²) in [5.41, 5.74) is 2.31. The highest BCUT2D eigenvalue weighted by molar-refractivity contribution is 5.78. The van der Waals surface area contributed by atoms with Crippen LogP contribution in [-0.4, -0.2) is 47.8 Å². The standard InChI is InChI=1S/C21H24N2O2/c1-17(24)22-12-14-23(15-13-22)21(25)16-20(18-8-4-2-5-9-18)19-10-6-3-7-11-19/h2-11,20H,12-16H2,1H3. The largest absolute Gasteiger partial charge is 0.339 e. The van der Waals surface area contributed by atoms with Crippen LogP contribution in [-0.2, 0) is 9.59 Å². The maximum atomic E-state index is 12.9. The maximum Gasteiger partial charge on any atom is 0.223 e. The monoisotopic (exact) mass is 336 g/mol. The molecule has 1 aliphatic heterocycles. The highest BCUT2D eigenvalue weighted by Gasteiger charge is 2.25. The average molecular weight is 336 g/mol. The quantitative estimate of drug-likeness (QED) is 0.861. The molecule has 4 nitrogen and oxygen atoms in total. The van der Waals surface area contributed by atoms with Crippen LogP contribution in [0.3, 0.4) is 0 Å². The number of nitrogens with zero attached hydrogens (tertiary/aromatic N) is 2. The van der Waals surface area contributed by atoms with E-state index in [1.54, 1.807) is 11.8 Å². The molecule has 1 fully saturated rings. The van der Waals surface area contributed by atoms with Crippen LogP contribution >= 0.6 is 0 Å². The topological polar surface area (TPSA) is 40.6 Å². The van der Waals surface area contributed by atoms with Crippen LogP contribution in [0.2, 0.25) is 0 Å². The van der Waals surface area contributed by atoms with Crippen LogP contribution in [0.5, 0.6) is 0 Å². The second-order valence-corrected chi connectivity index (χ2v) is 6.46. The SMILES string of the molecule is CC(=O)N1CCN(C(=O)CC(c2ccccc2)c2ccccc2)CC1. The normalized spacial score (nSPS) is 14.6. The van der Waals surface area contributed by atoms with E-state index in [1.807, 2.05) is 41.3 Å². The molecular weight excluding hydrogens is 312 g/mol. The molecule has 0 aromatic heterocycles. The predicted molar refractivity (Wildman–Crippen MR) is 98.2 cm³/mol. The van der Waals surface area contributed by atoms with E-state index in [0.717, 1.165) is 11.1 Å². The third-order valence-corrected chi connectivity index (χ3v) is 4.86. The van der Waals surface area contributed by atoms with Gasteiger partial charge in [0.2, 0.25) is 11.8 Å². The fourth-order valence-corrected chi connectivity index (χ4v) is 3.37. The maximum absolute atomic E-state index is 12.9. The van der Waals surface area contributed by atoms with Gasteiger partial charge in [-0.05, 0) is 11.1 Å². The molecule has 2 aromatic rings. The van der Waals surface area contributed by atoms with Crippen molar-refractivity contribution < 1.29 is 9.59 Å². The molecule has 0 unspecified atom stereocenters. The summed E-state index contributed by atoms with van der Waals surface area (Å²) in [6, 6.07) is 20.4. The van der Waals surface area contributed by atoms with E-state index < -0.39 is 0 Å². The van der Waals surface area contributed by atoms with Gasteiger partial charge in [0.15, 0.2) is 0 Å². The van der Waals surface area contributed by atoms with E-state index in [9.17, 15) is 9.59 Å². The molecule has 0 N–H and O–H groups in total. The first-order chi connectivity index (χ1) is 12.1. The van der Waals surface area contributed by atoms with Crippen LogP contribution in [0.1, 0.15) is 30.4 Å². The summed E-state index contributed by atoms with van der Waals surface area (Å²) < 4.78 is 0. The molecule has 0 radical (unpaired) electrons. The number of hydrogen-bond acceptors (Lipinski definition) is 2. The molecule has 1 aliphatic rings. The molecule has 1 heterocycles. The lowest BCUT2D eigenvalue weighted by atomic mass is 9.88. The van der Waals surface area contributed by atoms with Crippen molar-refractivity contribution in [2.45, 2.75) is 19.3 Å². The molecule has 0 atom stereocenters. The van der Waals surface area contributed by atoms with Gasteiger partial charge in [0, 0.05) is 45.4 Å². The first-order valence-electron chi connectivity index (χ1n) is 8.78. The summed E-state index contributed by atoms with van der Waals surface area (Å²) in [7, 11) is 0. The number of benzene rings is 2. The summed E-state index contributed by atoms with van der Waals surface area (Å²) in [4.78, 5) is 28.0. The van der Waals surface area contributed by atoms with Crippen molar-refractivity contribution in [1.82, 2.24) is 9.80 Å². The molecule has 2 amide bonds. The highest BCUT2D eigenvalue weighted by atomic mass is 16.2. The Balaban J connectivity index is 1.73. The summed E-state index contributed by atoms with van der Waals surface area (Å²) in [5, 5.41) is 0. The van der Waals surface area contributed by atoms with Crippen LogP contribution < -0.4 is 0 Å². The smallest absolute Gasteiger partial charge is 0.223 e. The van der Waals surface area contributed by atoms with Gasteiger partial charge in [-0.2, -0.15) is 0 Å². The Bertz CT molecular complexity index is 668. The minimum atomic E-state index is 0.0562. The third-order valence-electron chi connectivity index (χ3n) is 4.86. The van der Waals surface area contributed by atoms with Gasteiger partial charge in [-0.25, -0.2) is 0 Å². The lowest BCUT2D eigenvalue weighted by Crippen LogP contribution is -2.50. The predicted octanol–water partition coefficient (Wildman–Crippen LogP) is 2.90. The van der Waals surface area contributed by atoms with Gasteiger partial charge in [0.1, 0.15) is 0 Å². The third kappa shape index (κ3) is 4.27. The number of hydrogen-bond donors (Lipinski definition) is 0. The second kappa shape index (κ2) is 7.97. The summed E-state index contributed by atoms with van der Waals surface area (Å²) >= 11 is 0. The van der Waals surface area contributed by atoms with Crippen LogP contribution in [0.25, 0.3) is 0 Å². The van der Waals surface area contributed by atoms with E-state index in [0.29, 0.717) is 32.6 Å². The molecule has 2 aromatic carbocycles. The number of amides is 2. The molecule has 1 saturated heterocycles. The molecule has 0 bridgehead atoms. The lowest BCUT2D eigenvalue weighted by Gasteiger charge is -2.35. The Morgan fingerprint density at radius 3 is 1.68 bits per heavy atom. The van der Waals surface area contributed by atoms with Crippen molar-refractivity contribution in [2.75, 3.05) is 26.2 Å². The number of carbonyl (C=O) groups is 2. The minimum Gasteiger partial charge on any atom is -0.339 e. The van der Waals surface area contributed by atoms with E-state index in [2.05, 4.69) is 24.3 Å². The molecule has 130 valence electrons. The first kappa shape index (κ1) is 17.2. The fraction of sp³-hybridized carbons (Fsp3) is 0.333. The van der Waals surface area contributed by atoms with Gasteiger partial charge in [-0.15, -0.1) is 0 Å². The van der Waals surface area contributed by atoms with Gasteiger partial charge in [0.05, 0.1) is 0 Å². The first-order valence-corrected chi connectivity index (χ1v) is 8.78. The average Bonchev–Trinajstić information content (AvgIpc) is 2.67. The van der Waals surface area contributed by atoms with Crippen molar-refractivity contribution in [2.24, 2.45) is 0 Å². The zero-order valence-electron chi connectivity index (χ0n) is 14.6. The Kier molecular flexibility index (Phi) is 5.49. The van der Waals surface area contributed by atoms with Gasteiger partial charge < -0.3 is 9.80 Å². The second-order valence-electron chi connectivity index (χ2n) is 6.46. The van der Waals surface area contributed by atoms with Crippen LogP contribution in [0, 0.1) is 0 Å². The van der Waals surface area contributed by atoms with Crippen molar-refractivity contribution in [3.63, 3.8) is 0 Å². The fourth-order valence-electron chi connectivity index (χ4n) is 3.37. The van der Waals surface area contributed by atoms with Crippen molar-refractivity contribution in [1.29, 1.82) is 0 Å². The van der Waals surface area contributed by atoms with Gasteiger partial charge >= 0.3 is 0 Å². The van der Waals surface area contributed by atoms with E-state index in [4.69, 9.17) is 0 Å². The van der Waals surface area contributed by atoms with Crippen molar-refractivity contribution in [3.05, 3.63) is 71.8 Å². The molecule has 0 aliphatic carbocycles. The molecular formula is C21H24N2O2. The Morgan fingerprint density at radius 2 is 1.24 bits per heavy atom. The summed E-state index contributed by atoms with van der Waals surface area (Å²) in [6.45, 7) is 4.08. The van der Waals surface area contributed by atoms with Crippen molar-refractivity contribution in [3.8, 4) is 0 Å². The Hall–Kier alpha value is -2.62. The lowest BCUT2D eigenvalue weighted by molar-refractivity contribution is -0.138. The molecule has 25 heavy (non-hydrogen) atoms. The summed E-state index contributed by atoms with van der Waals surface area (Å²) in [6.07, 6.45) is 0.452. The molecule has 4 heteroatoms. The molecule has 0 saturated carbocycles. The van der Waals surface area contributed by atoms with E-state index in [1.165, 1.54) is 0 Å². The zero-order valence-corrected chi connectivity index (χ0v) is 14.6. The van der Waals surface area contributed by atoms with Crippen LogP contribution in [0.4, 0.5) is 0 Å². The highest BCUT2D eigenvalue weighted by Crippen LogP contribution is 2.28. The van der Waals surface area contributed by atoms with Crippen LogP contribution in [0.15, 0.2) is 60.7 Å². The Morgan fingerprint density at radius 1 is 0.800 bits per heavy atom. The molecule has 0 spiro atoms. The molecule has 3 rings (SSSR count). The van der Waals surface area contributed by atoms with E-state index in [-0.39, 0.29) is 17.7 Å². The van der Waals surface area contributed by atoms with Gasteiger partial charge in [-0.1, -0.05) is 60.7 Å². The summed E-state index contributed by atoms with van der Waals surface area (Å²) in [5.74, 6) is 0.292. The van der Waals surface area contributed by atoms with Gasteiger partial charge in [-0.3, -0.25) is 9.59 Å².